The van der Waals surface area contributed by atoms with Crippen LogP contribution in [0.3, 0.4) is 0 Å². The topological polar surface area (TPSA) is 75.6 Å². The van der Waals surface area contributed by atoms with Crippen LogP contribution in [0.15, 0.2) is 45.6 Å². The maximum absolute atomic E-state index is 11.7. The van der Waals surface area contributed by atoms with E-state index in [1.807, 2.05) is 6.07 Å². The molecule has 0 bridgehead atoms. The summed E-state index contributed by atoms with van der Waals surface area (Å²) in [5, 5.41) is 12.8. The van der Waals surface area contributed by atoms with Crippen LogP contribution in [-0.4, -0.2) is 17.6 Å². The molecule has 5 heteroatoms. The molecule has 2 aromatic heterocycles. The van der Waals surface area contributed by atoms with E-state index >= 15 is 0 Å². The van der Waals surface area contributed by atoms with Crippen LogP contribution in [0.1, 0.15) is 24.9 Å². The predicted octanol–water partition coefficient (Wildman–Crippen LogP) is 1.83. The standard InChI is InChI=1S/C14H17NO4/c1-14(17,12-5-3-9-19-12)10-15-13(16)7-6-11-4-2-8-18-11/h2-5,8-9,17H,6-7,10H2,1H3,(H,15,16). The van der Waals surface area contributed by atoms with E-state index < -0.39 is 5.60 Å². The molecule has 2 rings (SSSR count). The Morgan fingerprint density at radius 2 is 2.05 bits per heavy atom. The highest BCUT2D eigenvalue weighted by Crippen LogP contribution is 2.19. The summed E-state index contributed by atoms with van der Waals surface area (Å²) in [5.41, 5.74) is -1.20. The van der Waals surface area contributed by atoms with Gasteiger partial charge >= 0.3 is 0 Å². The van der Waals surface area contributed by atoms with Gasteiger partial charge in [0.15, 0.2) is 0 Å². The number of carbonyl (C=O) groups excluding carboxylic acids is 1. The summed E-state index contributed by atoms with van der Waals surface area (Å²) in [6.45, 7) is 1.70. The normalized spacial score (nSPS) is 14.0. The van der Waals surface area contributed by atoms with Crippen molar-refractivity contribution < 1.29 is 18.7 Å². The Kier molecular flexibility index (Phi) is 4.06. The molecule has 1 unspecified atom stereocenters. The average Bonchev–Trinajstić information content (AvgIpc) is 3.06. The third kappa shape index (κ3) is 3.72. The lowest BCUT2D eigenvalue weighted by molar-refractivity contribution is -0.122. The first-order chi connectivity index (χ1) is 9.08. The van der Waals surface area contributed by atoms with E-state index in [4.69, 9.17) is 8.83 Å². The summed E-state index contributed by atoms with van der Waals surface area (Å²) in [6, 6.07) is 6.98. The summed E-state index contributed by atoms with van der Waals surface area (Å²) >= 11 is 0. The summed E-state index contributed by atoms with van der Waals surface area (Å²) in [4.78, 5) is 11.7. The van der Waals surface area contributed by atoms with Gasteiger partial charge in [0.25, 0.3) is 0 Å². The maximum Gasteiger partial charge on any atom is 0.220 e. The monoisotopic (exact) mass is 263 g/mol. The molecule has 19 heavy (non-hydrogen) atoms. The molecule has 0 saturated carbocycles. The van der Waals surface area contributed by atoms with Crippen molar-refractivity contribution in [2.24, 2.45) is 0 Å². The fourth-order valence-corrected chi connectivity index (χ4v) is 1.72. The van der Waals surface area contributed by atoms with Crippen LogP contribution in [0.2, 0.25) is 0 Å². The number of amides is 1. The molecule has 1 atom stereocenters. The van der Waals surface area contributed by atoms with Crippen molar-refractivity contribution in [2.45, 2.75) is 25.4 Å². The van der Waals surface area contributed by atoms with Gasteiger partial charge in [0.05, 0.1) is 19.1 Å². The second-order valence-electron chi connectivity index (χ2n) is 4.61. The van der Waals surface area contributed by atoms with E-state index in [1.165, 1.54) is 6.26 Å². The number of hydrogen-bond acceptors (Lipinski definition) is 4. The highest BCUT2D eigenvalue weighted by atomic mass is 16.4. The highest BCUT2D eigenvalue weighted by Gasteiger charge is 2.26. The summed E-state index contributed by atoms with van der Waals surface area (Å²) in [6.07, 6.45) is 3.93. The van der Waals surface area contributed by atoms with E-state index in [2.05, 4.69) is 5.32 Å². The Hall–Kier alpha value is -2.01. The van der Waals surface area contributed by atoms with E-state index in [0.29, 0.717) is 18.6 Å². The molecular weight excluding hydrogens is 246 g/mol. The Balaban J connectivity index is 1.77. The Labute approximate surface area is 111 Å². The van der Waals surface area contributed by atoms with Gasteiger partial charge in [0.1, 0.15) is 17.1 Å². The molecule has 5 nitrogen and oxygen atoms in total. The van der Waals surface area contributed by atoms with E-state index in [-0.39, 0.29) is 12.5 Å². The number of aliphatic hydroxyl groups is 1. The van der Waals surface area contributed by atoms with Gasteiger partial charge in [-0.1, -0.05) is 0 Å². The van der Waals surface area contributed by atoms with Gasteiger partial charge in [-0.25, -0.2) is 0 Å². The van der Waals surface area contributed by atoms with Crippen LogP contribution in [-0.2, 0) is 16.8 Å². The number of aryl methyl sites for hydroxylation is 1. The molecule has 0 radical (unpaired) electrons. The zero-order valence-electron chi connectivity index (χ0n) is 10.8. The highest BCUT2D eigenvalue weighted by molar-refractivity contribution is 5.76. The van der Waals surface area contributed by atoms with Crippen molar-refractivity contribution in [3.63, 3.8) is 0 Å². The van der Waals surface area contributed by atoms with Crippen molar-refractivity contribution in [1.82, 2.24) is 5.32 Å². The van der Waals surface area contributed by atoms with E-state index in [0.717, 1.165) is 5.76 Å². The predicted molar refractivity (Wildman–Crippen MR) is 68.3 cm³/mol. The molecule has 0 aliphatic carbocycles. The third-order valence-electron chi connectivity index (χ3n) is 2.86. The lowest BCUT2D eigenvalue weighted by atomic mass is 10.0. The Morgan fingerprint density at radius 3 is 2.68 bits per heavy atom. The van der Waals surface area contributed by atoms with Crippen LogP contribution in [0, 0.1) is 0 Å². The van der Waals surface area contributed by atoms with Gasteiger partial charge in [-0.15, -0.1) is 0 Å². The fraction of sp³-hybridized carbons (Fsp3) is 0.357. The van der Waals surface area contributed by atoms with Gasteiger partial charge in [0.2, 0.25) is 5.91 Å². The minimum absolute atomic E-state index is 0.109. The van der Waals surface area contributed by atoms with Crippen LogP contribution in [0.25, 0.3) is 0 Å². The van der Waals surface area contributed by atoms with Crippen molar-refractivity contribution in [2.75, 3.05) is 6.54 Å². The van der Waals surface area contributed by atoms with Crippen molar-refractivity contribution in [3.05, 3.63) is 48.3 Å². The SMILES string of the molecule is CC(O)(CNC(=O)CCc1ccco1)c1ccco1. The summed E-state index contributed by atoms with van der Waals surface area (Å²) < 4.78 is 10.3. The molecule has 0 spiro atoms. The van der Waals surface area contributed by atoms with E-state index in [9.17, 15) is 9.90 Å². The third-order valence-corrected chi connectivity index (χ3v) is 2.86. The molecule has 0 aliphatic rings. The number of rotatable bonds is 6. The smallest absolute Gasteiger partial charge is 0.220 e. The lowest BCUT2D eigenvalue weighted by Crippen LogP contribution is -2.38. The molecule has 102 valence electrons. The zero-order valence-corrected chi connectivity index (χ0v) is 10.8. The van der Waals surface area contributed by atoms with Crippen molar-refractivity contribution >= 4 is 5.91 Å². The first kappa shape index (κ1) is 13.4. The quantitative estimate of drug-likeness (QED) is 0.833. The van der Waals surface area contributed by atoms with E-state index in [1.54, 1.807) is 31.4 Å². The molecule has 0 aliphatic heterocycles. The molecule has 1 amide bonds. The van der Waals surface area contributed by atoms with Gasteiger partial charge in [-0.3, -0.25) is 4.79 Å². The number of carbonyl (C=O) groups is 1. The second-order valence-corrected chi connectivity index (χ2v) is 4.61. The summed E-state index contributed by atoms with van der Waals surface area (Å²) in [7, 11) is 0. The van der Waals surface area contributed by atoms with Gasteiger partial charge in [0, 0.05) is 12.8 Å². The fourth-order valence-electron chi connectivity index (χ4n) is 1.72. The number of furan rings is 2. The minimum Gasteiger partial charge on any atom is -0.469 e. The largest absolute Gasteiger partial charge is 0.469 e. The Bertz CT molecular complexity index is 500. The van der Waals surface area contributed by atoms with Crippen molar-refractivity contribution in [3.8, 4) is 0 Å². The first-order valence-corrected chi connectivity index (χ1v) is 6.13. The van der Waals surface area contributed by atoms with Crippen LogP contribution in [0.4, 0.5) is 0 Å². The number of hydrogen-bond donors (Lipinski definition) is 2. The lowest BCUT2D eigenvalue weighted by Gasteiger charge is -2.21. The molecule has 2 N–H and O–H groups in total. The average molecular weight is 263 g/mol. The minimum atomic E-state index is -1.20. The molecule has 0 aromatic carbocycles. The van der Waals surface area contributed by atoms with Crippen LogP contribution >= 0.6 is 0 Å². The molecule has 2 aromatic rings. The van der Waals surface area contributed by atoms with Gasteiger partial charge in [-0.05, 0) is 31.2 Å². The number of nitrogens with one attached hydrogen (secondary N) is 1. The van der Waals surface area contributed by atoms with Crippen LogP contribution < -0.4 is 5.32 Å². The maximum atomic E-state index is 11.7. The second kappa shape index (κ2) is 5.75. The molecular formula is C14H17NO4. The van der Waals surface area contributed by atoms with Crippen LogP contribution in [0.5, 0.6) is 0 Å². The molecule has 0 fully saturated rings. The van der Waals surface area contributed by atoms with Crippen molar-refractivity contribution in [1.29, 1.82) is 0 Å². The first-order valence-electron chi connectivity index (χ1n) is 6.13. The zero-order chi connectivity index (χ0) is 13.7. The molecule has 0 saturated heterocycles. The van der Waals surface area contributed by atoms with Gasteiger partial charge < -0.3 is 19.3 Å². The van der Waals surface area contributed by atoms with Gasteiger partial charge in [-0.2, -0.15) is 0 Å². The Morgan fingerprint density at radius 1 is 1.32 bits per heavy atom. The summed E-state index contributed by atoms with van der Waals surface area (Å²) in [5.74, 6) is 1.06. The molecule has 2 heterocycles.